The summed E-state index contributed by atoms with van der Waals surface area (Å²) in [6, 6.07) is 8.24. The first-order valence-corrected chi connectivity index (χ1v) is 5.60. The van der Waals surface area contributed by atoms with E-state index in [0.29, 0.717) is 16.8 Å². The summed E-state index contributed by atoms with van der Waals surface area (Å²) in [7, 11) is 0. The van der Waals surface area contributed by atoms with E-state index in [2.05, 4.69) is 5.32 Å². The molecule has 0 bridgehead atoms. The monoisotopic (exact) mass is 262 g/mol. The predicted molar refractivity (Wildman–Crippen MR) is 69.9 cm³/mol. The van der Waals surface area contributed by atoms with Crippen LogP contribution in [-0.4, -0.2) is 5.91 Å². The van der Waals surface area contributed by atoms with Crippen LogP contribution < -0.4 is 11.1 Å². The van der Waals surface area contributed by atoms with Gasteiger partial charge in [0.25, 0.3) is 5.91 Å². The summed E-state index contributed by atoms with van der Waals surface area (Å²) in [4.78, 5) is 12.0. The van der Waals surface area contributed by atoms with Gasteiger partial charge in [0.15, 0.2) is 11.6 Å². The number of anilines is 2. The normalized spacial score (nSPS) is 10.3. The van der Waals surface area contributed by atoms with E-state index >= 15 is 0 Å². The van der Waals surface area contributed by atoms with Crippen molar-refractivity contribution < 1.29 is 13.6 Å². The van der Waals surface area contributed by atoms with Crippen molar-refractivity contribution in [2.24, 2.45) is 0 Å². The predicted octanol–water partition coefficient (Wildman–Crippen LogP) is 3.11. The number of rotatable bonds is 2. The van der Waals surface area contributed by atoms with E-state index in [1.807, 2.05) is 0 Å². The van der Waals surface area contributed by atoms with Gasteiger partial charge >= 0.3 is 0 Å². The second kappa shape index (κ2) is 5.06. The molecule has 0 saturated carbocycles. The summed E-state index contributed by atoms with van der Waals surface area (Å²) in [6.45, 7) is 1.75. The Morgan fingerprint density at radius 3 is 2.53 bits per heavy atom. The molecule has 19 heavy (non-hydrogen) atoms. The number of nitrogens with two attached hydrogens (primary N) is 1. The molecular formula is C14H12F2N2O. The number of benzene rings is 2. The van der Waals surface area contributed by atoms with E-state index in [4.69, 9.17) is 5.73 Å². The lowest BCUT2D eigenvalue weighted by Crippen LogP contribution is -2.15. The molecule has 2 aromatic carbocycles. The Hall–Kier alpha value is -2.43. The van der Waals surface area contributed by atoms with E-state index in [1.54, 1.807) is 25.1 Å². The van der Waals surface area contributed by atoms with Crippen LogP contribution in [0.2, 0.25) is 0 Å². The smallest absolute Gasteiger partial charge is 0.258 e. The summed E-state index contributed by atoms with van der Waals surface area (Å²) < 4.78 is 25.8. The van der Waals surface area contributed by atoms with Gasteiger partial charge in [-0.05, 0) is 30.7 Å². The lowest BCUT2D eigenvalue weighted by molar-refractivity contribution is 0.102. The minimum Gasteiger partial charge on any atom is -0.398 e. The number of nitrogen functional groups attached to an aromatic ring is 1. The van der Waals surface area contributed by atoms with Crippen molar-refractivity contribution in [1.29, 1.82) is 0 Å². The maximum atomic E-state index is 13.0. The number of nitrogens with one attached hydrogen (secondary N) is 1. The van der Waals surface area contributed by atoms with Crippen LogP contribution in [0.5, 0.6) is 0 Å². The van der Waals surface area contributed by atoms with E-state index in [1.165, 1.54) is 6.07 Å². The number of halogens is 2. The highest BCUT2D eigenvalue weighted by Gasteiger charge is 2.13. The minimum atomic E-state index is -1.02. The van der Waals surface area contributed by atoms with Gasteiger partial charge in [0, 0.05) is 17.4 Å². The second-order valence-corrected chi connectivity index (χ2v) is 4.12. The van der Waals surface area contributed by atoms with Crippen molar-refractivity contribution in [3.05, 3.63) is 59.2 Å². The van der Waals surface area contributed by atoms with E-state index < -0.39 is 17.5 Å². The Bertz CT molecular complexity index is 621. The molecule has 2 aromatic rings. The van der Waals surface area contributed by atoms with Gasteiger partial charge in [-0.1, -0.05) is 12.1 Å². The molecule has 0 spiro atoms. The Balaban J connectivity index is 2.28. The molecule has 0 saturated heterocycles. The van der Waals surface area contributed by atoms with Crippen LogP contribution in [0.4, 0.5) is 20.2 Å². The lowest BCUT2D eigenvalue weighted by atomic mass is 10.1. The third-order valence-corrected chi connectivity index (χ3v) is 2.71. The van der Waals surface area contributed by atoms with Crippen LogP contribution in [0.1, 0.15) is 15.9 Å². The van der Waals surface area contributed by atoms with E-state index in [-0.39, 0.29) is 5.69 Å². The standard InChI is InChI=1S/C14H12F2N2O/c1-8-3-2-4-12(17)13(8)14(19)18-9-5-6-10(15)11(16)7-9/h2-7H,17H2,1H3,(H,18,19). The molecule has 1 amide bonds. The van der Waals surface area contributed by atoms with Gasteiger partial charge in [-0.15, -0.1) is 0 Å². The van der Waals surface area contributed by atoms with Crippen LogP contribution in [0.3, 0.4) is 0 Å². The Kier molecular flexibility index (Phi) is 3.46. The van der Waals surface area contributed by atoms with Crippen molar-refractivity contribution in [3.63, 3.8) is 0 Å². The van der Waals surface area contributed by atoms with Crippen molar-refractivity contribution in [1.82, 2.24) is 0 Å². The third-order valence-electron chi connectivity index (χ3n) is 2.71. The fourth-order valence-electron chi connectivity index (χ4n) is 1.77. The fourth-order valence-corrected chi connectivity index (χ4v) is 1.77. The highest BCUT2D eigenvalue weighted by Crippen LogP contribution is 2.19. The van der Waals surface area contributed by atoms with Gasteiger partial charge in [0.1, 0.15) is 0 Å². The third kappa shape index (κ3) is 2.70. The number of carbonyl (C=O) groups excluding carboxylic acids is 1. The van der Waals surface area contributed by atoms with Gasteiger partial charge in [-0.2, -0.15) is 0 Å². The molecule has 0 fully saturated rings. The highest BCUT2D eigenvalue weighted by atomic mass is 19.2. The lowest BCUT2D eigenvalue weighted by Gasteiger charge is -2.10. The Labute approximate surface area is 109 Å². The van der Waals surface area contributed by atoms with E-state index in [0.717, 1.165) is 12.1 Å². The van der Waals surface area contributed by atoms with E-state index in [9.17, 15) is 13.6 Å². The van der Waals surface area contributed by atoms with Crippen molar-refractivity contribution >= 4 is 17.3 Å². The number of aryl methyl sites for hydroxylation is 1. The summed E-state index contributed by atoms with van der Waals surface area (Å²) >= 11 is 0. The van der Waals surface area contributed by atoms with Crippen LogP contribution in [-0.2, 0) is 0 Å². The minimum absolute atomic E-state index is 0.173. The average molecular weight is 262 g/mol. The molecule has 0 heterocycles. The first-order valence-electron chi connectivity index (χ1n) is 5.60. The molecule has 0 atom stereocenters. The molecule has 0 aromatic heterocycles. The van der Waals surface area contributed by atoms with Crippen molar-refractivity contribution in [3.8, 4) is 0 Å². The molecule has 0 aliphatic carbocycles. The maximum Gasteiger partial charge on any atom is 0.258 e. The zero-order valence-electron chi connectivity index (χ0n) is 10.2. The molecule has 98 valence electrons. The molecule has 0 radical (unpaired) electrons. The van der Waals surface area contributed by atoms with Gasteiger partial charge in [0.05, 0.1) is 5.56 Å². The van der Waals surface area contributed by atoms with Gasteiger partial charge in [0.2, 0.25) is 0 Å². The van der Waals surface area contributed by atoms with Crippen LogP contribution >= 0.6 is 0 Å². The number of amides is 1. The van der Waals surface area contributed by atoms with Gasteiger partial charge in [-0.3, -0.25) is 4.79 Å². The quantitative estimate of drug-likeness (QED) is 0.817. The largest absolute Gasteiger partial charge is 0.398 e. The zero-order chi connectivity index (χ0) is 14.0. The molecular weight excluding hydrogens is 250 g/mol. The number of carbonyl (C=O) groups is 1. The van der Waals surface area contributed by atoms with Crippen LogP contribution in [0, 0.1) is 18.6 Å². The number of hydrogen-bond acceptors (Lipinski definition) is 2. The Morgan fingerprint density at radius 2 is 1.89 bits per heavy atom. The Morgan fingerprint density at radius 1 is 1.16 bits per heavy atom. The molecule has 0 aliphatic heterocycles. The molecule has 3 nitrogen and oxygen atoms in total. The first kappa shape index (κ1) is 13.0. The summed E-state index contributed by atoms with van der Waals surface area (Å²) in [5, 5.41) is 2.48. The number of hydrogen-bond donors (Lipinski definition) is 2. The molecule has 3 N–H and O–H groups in total. The van der Waals surface area contributed by atoms with Gasteiger partial charge in [-0.25, -0.2) is 8.78 Å². The SMILES string of the molecule is Cc1cccc(N)c1C(=O)Nc1ccc(F)c(F)c1. The van der Waals surface area contributed by atoms with Crippen LogP contribution in [0.15, 0.2) is 36.4 Å². The summed E-state index contributed by atoms with van der Waals surface area (Å²) in [6.07, 6.45) is 0. The summed E-state index contributed by atoms with van der Waals surface area (Å²) in [5.74, 6) is -2.44. The van der Waals surface area contributed by atoms with Crippen molar-refractivity contribution in [2.75, 3.05) is 11.1 Å². The first-order chi connectivity index (χ1) is 8.99. The molecule has 0 unspecified atom stereocenters. The molecule has 0 aliphatic rings. The highest BCUT2D eigenvalue weighted by molar-refractivity contribution is 6.08. The zero-order valence-corrected chi connectivity index (χ0v) is 10.2. The topological polar surface area (TPSA) is 55.1 Å². The fraction of sp³-hybridized carbons (Fsp3) is 0.0714. The summed E-state index contributed by atoms with van der Waals surface area (Å²) in [5.41, 5.74) is 7.28. The van der Waals surface area contributed by atoms with Gasteiger partial charge < -0.3 is 11.1 Å². The van der Waals surface area contributed by atoms with Crippen molar-refractivity contribution in [2.45, 2.75) is 6.92 Å². The average Bonchev–Trinajstić information content (AvgIpc) is 2.33. The van der Waals surface area contributed by atoms with Crippen LogP contribution in [0.25, 0.3) is 0 Å². The maximum absolute atomic E-state index is 13.0. The second-order valence-electron chi connectivity index (χ2n) is 4.12. The molecule has 5 heteroatoms. The molecule has 2 rings (SSSR count).